The van der Waals surface area contributed by atoms with E-state index in [0.717, 1.165) is 17.0 Å². The van der Waals surface area contributed by atoms with Crippen LogP contribution in [-0.4, -0.2) is 16.5 Å². The van der Waals surface area contributed by atoms with E-state index in [1.807, 2.05) is 31.2 Å². The number of nitrogens with two attached hydrogens (primary N) is 1. The molecule has 0 fully saturated rings. The van der Waals surface area contributed by atoms with Gasteiger partial charge in [-0.25, -0.2) is 9.97 Å². The Balaban J connectivity index is 2.33. The van der Waals surface area contributed by atoms with Crippen LogP contribution >= 0.6 is 11.6 Å². The molecule has 0 radical (unpaired) electrons. The fourth-order valence-electron chi connectivity index (χ4n) is 1.53. The Morgan fingerprint density at radius 1 is 1.24 bits per heavy atom. The molecule has 0 saturated carbocycles. The van der Waals surface area contributed by atoms with Crippen LogP contribution in [0.2, 0.25) is 5.02 Å². The summed E-state index contributed by atoms with van der Waals surface area (Å²) in [7, 11) is 0. The normalized spacial score (nSPS) is 12.4. The summed E-state index contributed by atoms with van der Waals surface area (Å²) in [4.78, 5) is 8.63. The van der Waals surface area contributed by atoms with Crippen LogP contribution < -0.4 is 5.73 Å². The minimum Gasteiger partial charge on any atom is -0.330 e. The smallest absolute Gasteiger partial charge is 0.132 e. The predicted octanol–water partition coefficient (Wildman–Crippen LogP) is 2.86. The summed E-state index contributed by atoms with van der Waals surface area (Å²) >= 11 is 6.11. The van der Waals surface area contributed by atoms with Gasteiger partial charge < -0.3 is 5.73 Å². The summed E-state index contributed by atoms with van der Waals surface area (Å²) in [6, 6.07) is 7.65. The molecular formula is C13H14ClN3. The first-order valence-electron chi connectivity index (χ1n) is 5.49. The molecule has 2 rings (SSSR count). The van der Waals surface area contributed by atoms with Crippen molar-refractivity contribution in [3.8, 4) is 11.1 Å². The van der Waals surface area contributed by atoms with Gasteiger partial charge in [0.25, 0.3) is 0 Å². The highest BCUT2D eigenvalue weighted by Crippen LogP contribution is 2.26. The SMILES string of the molecule is CC(CN)c1ncc(-c2ccccc2Cl)cn1. The predicted molar refractivity (Wildman–Crippen MR) is 69.9 cm³/mol. The molecule has 1 unspecified atom stereocenters. The Morgan fingerprint density at radius 3 is 2.47 bits per heavy atom. The minimum absolute atomic E-state index is 0.176. The van der Waals surface area contributed by atoms with Crippen molar-refractivity contribution in [1.82, 2.24) is 9.97 Å². The maximum atomic E-state index is 6.11. The van der Waals surface area contributed by atoms with Gasteiger partial charge in [-0.3, -0.25) is 0 Å². The molecule has 1 heterocycles. The number of hydrogen-bond donors (Lipinski definition) is 1. The second-order valence-corrected chi connectivity index (χ2v) is 4.35. The lowest BCUT2D eigenvalue weighted by Gasteiger charge is -2.08. The van der Waals surface area contributed by atoms with Crippen LogP contribution in [0.25, 0.3) is 11.1 Å². The molecule has 1 aromatic heterocycles. The van der Waals surface area contributed by atoms with Crippen molar-refractivity contribution in [1.29, 1.82) is 0 Å². The van der Waals surface area contributed by atoms with Crippen molar-refractivity contribution in [2.24, 2.45) is 5.73 Å². The van der Waals surface area contributed by atoms with Crippen molar-refractivity contribution in [2.45, 2.75) is 12.8 Å². The van der Waals surface area contributed by atoms with E-state index < -0.39 is 0 Å². The topological polar surface area (TPSA) is 51.8 Å². The van der Waals surface area contributed by atoms with Crippen LogP contribution in [0, 0.1) is 0 Å². The summed E-state index contributed by atoms with van der Waals surface area (Å²) in [6.45, 7) is 2.55. The Bertz CT molecular complexity index is 496. The Labute approximate surface area is 106 Å². The monoisotopic (exact) mass is 247 g/mol. The Hall–Kier alpha value is -1.45. The van der Waals surface area contributed by atoms with Crippen molar-refractivity contribution in [3.63, 3.8) is 0 Å². The minimum atomic E-state index is 0.176. The molecule has 4 heteroatoms. The van der Waals surface area contributed by atoms with Gasteiger partial charge in [-0.1, -0.05) is 36.7 Å². The zero-order valence-corrected chi connectivity index (χ0v) is 10.4. The number of aromatic nitrogens is 2. The highest BCUT2D eigenvalue weighted by atomic mass is 35.5. The number of halogens is 1. The molecule has 2 N–H and O–H groups in total. The molecule has 3 nitrogen and oxygen atoms in total. The zero-order valence-electron chi connectivity index (χ0n) is 9.60. The Morgan fingerprint density at radius 2 is 1.88 bits per heavy atom. The molecule has 1 aromatic carbocycles. The molecule has 0 amide bonds. The van der Waals surface area contributed by atoms with E-state index in [1.54, 1.807) is 12.4 Å². The van der Waals surface area contributed by atoms with Crippen LogP contribution in [0.3, 0.4) is 0 Å². The summed E-state index contributed by atoms with van der Waals surface area (Å²) in [5.74, 6) is 0.943. The molecule has 2 aromatic rings. The third kappa shape index (κ3) is 2.62. The lowest BCUT2D eigenvalue weighted by molar-refractivity contribution is 0.712. The summed E-state index contributed by atoms with van der Waals surface area (Å²) < 4.78 is 0. The van der Waals surface area contributed by atoms with Crippen LogP contribution in [-0.2, 0) is 0 Å². The van der Waals surface area contributed by atoms with Gasteiger partial charge in [0.2, 0.25) is 0 Å². The van der Waals surface area contributed by atoms with E-state index in [-0.39, 0.29) is 5.92 Å². The fraction of sp³-hybridized carbons (Fsp3) is 0.231. The second-order valence-electron chi connectivity index (χ2n) is 3.95. The van der Waals surface area contributed by atoms with Crippen molar-refractivity contribution >= 4 is 11.6 Å². The molecule has 88 valence electrons. The van der Waals surface area contributed by atoms with Gasteiger partial charge in [0, 0.05) is 41.0 Å². The number of benzene rings is 1. The quantitative estimate of drug-likeness (QED) is 0.907. The third-order valence-electron chi connectivity index (χ3n) is 2.65. The van der Waals surface area contributed by atoms with Gasteiger partial charge in [-0.2, -0.15) is 0 Å². The lowest BCUT2D eigenvalue weighted by atomic mass is 10.1. The van der Waals surface area contributed by atoms with Crippen molar-refractivity contribution < 1.29 is 0 Å². The van der Waals surface area contributed by atoms with Gasteiger partial charge in [0.05, 0.1) is 0 Å². The molecule has 17 heavy (non-hydrogen) atoms. The number of hydrogen-bond acceptors (Lipinski definition) is 3. The summed E-state index contributed by atoms with van der Waals surface area (Å²) in [6.07, 6.45) is 3.57. The number of nitrogens with zero attached hydrogens (tertiary/aromatic N) is 2. The molecular weight excluding hydrogens is 234 g/mol. The standard InChI is InChI=1S/C13H14ClN3/c1-9(6-15)13-16-7-10(8-17-13)11-4-2-3-5-12(11)14/h2-5,7-9H,6,15H2,1H3. The van der Waals surface area contributed by atoms with Crippen LogP contribution in [0.5, 0.6) is 0 Å². The van der Waals surface area contributed by atoms with Crippen LogP contribution in [0.1, 0.15) is 18.7 Å². The first kappa shape index (κ1) is 12.0. The van der Waals surface area contributed by atoms with E-state index in [1.165, 1.54) is 0 Å². The molecule has 0 bridgehead atoms. The summed E-state index contributed by atoms with van der Waals surface area (Å²) in [5.41, 5.74) is 7.44. The van der Waals surface area contributed by atoms with Crippen LogP contribution in [0.15, 0.2) is 36.7 Å². The van der Waals surface area contributed by atoms with Gasteiger partial charge in [0.15, 0.2) is 0 Å². The molecule has 0 aliphatic rings. The zero-order chi connectivity index (χ0) is 12.3. The van der Waals surface area contributed by atoms with E-state index >= 15 is 0 Å². The maximum absolute atomic E-state index is 6.11. The van der Waals surface area contributed by atoms with Gasteiger partial charge >= 0.3 is 0 Å². The summed E-state index contributed by atoms with van der Waals surface area (Å²) in [5, 5.41) is 0.704. The molecule has 1 atom stereocenters. The van der Waals surface area contributed by atoms with E-state index in [2.05, 4.69) is 9.97 Å². The largest absolute Gasteiger partial charge is 0.330 e. The molecule has 0 spiro atoms. The van der Waals surface area contributed by atoms with Crippen LogP contribution in [0.4, 0.5) is 0 Å². The average Bonchev–Trinajstić information content (AvgIpc) is 2.39. The third-order valence-corrected chi connectivity index (χ3v) is 2.98. The maximum Gasteiger partial charge on any atom is 0.132 e. The molecule has 0 saturated heterocycles. The average molecular weight is 248 g/mol. The van der Waals surface area contributed by atoms with Crippen molar-refractivity contribution in [2.75, 3.05) is 6.54 Å². The second kappa shape index (κ2) is 5.25. The van der Waals surface area contributed by atoms with Gasteiger partial charge in [-0.05, 0) is 6.07 Å². The highest BCUT2D eigenvalue weighted by molar-refractivity contribution is 6.33. The highest BCUT2D eigenvalue weighted by Gasteiger charge is 2.08. The lowest BCUT2D eigenvalue weighted by Crippen LogP contribution is -2.11. The van der Waals surface area contributed by atoms with Gasteiger partial charge in [0.1, 0.15) is 5.82 Å². The number of rotatable bonds is 3. The van der Waals surface area contributed by atoms with Gasteiger partial charge in [-0.15, -0.1) is 0 Å². The molecule has 0 aliphatic heterocycles. The molecule has 0 aliphatic carbocycles. The van der Waals surface area contributed by atoms with Crippen molar-refractivity contribution in [3.05, 3.63) is 47.5 Å². The van der Waals surface area contributed by atoms with E-state index in [4.69, 9.17) is 17.3 Å². The van der Waals surface area contributed by atoms with E-state index in [0.29, 0.717) is 11.6 Å². The first-order chi connectivity index (χ1) is 8.22. The van der Waals surface area contributed by atoms with E-state index in [9.17, 15) is 0 Å². The Kier molecular flexibility index (Phi) is 3.71. The fourth-order valence-corrected chi connectivity index (χ4v) is 1.78. The first-order valence-corrected chi connectivity index (χ1v) is 5.87.